The van der Waals surface area contributed by atoms with Gasteiger partial charge < -0.3 is 24.4 Å². The maximum absolute atomic E-state index is 10.4. The predicted molar refractivity (Wildman–Crippen MR) is 61.6 cm³/mol. The second kappa shape index (κ2) is 6.71. The molecule has 0 fully saturated rings. The van der Waals surface area contributed by atoms with Crippen molar-refractivity contribution in [1.82, 2.24) is 0 Å². The van der Waals surface area contributed by atoms with Crippen LogP contribution in [0.3, 0.4) is 0 Å². The second-order valence-electron chi connectivity index (χ2n) is 3.05. The number of hydrogen-bond donors (Lipinski definition) is 0. The van der Waals surface area contributed by atoms with Gasteiger partial charge in [-0.05, 0) is 22.9 Å². The standard InChI is InChI=1S/C10H9O4P.Ca.H2O/c11-15(12,13)14-10-6-5-8-3-1-2-4-9(8)7-10;;/h1-7H,(H2,11,12,13);;1H2/q;+2;/p-2. The van der Waals surface area contributed by atoms with E-state index >= 15 is 0 Å². The summed E-state index contributed by atoms with van der Waals surface area (Å²) in [5.74, 6) is 0.0435. The minimum Gasteiger partial charge on any atom is -0.780 e. The molecule has 0 aromatic heterocycles. The topological polar surface area (TPSA) is 104 Å². The average molecular weight is 280 g/mol. The van der Waals surface area contributed by atoms with Crippen LogP contribution in [0.5, 0.6) is 5.75 Å². The van der Waals surface area contributed by atoms with Gasteiger partial charge in [-0.15, -0.1) is 0 Å². The molecule has 2 aromatic rings. The van der Waals surface area contributed by atoms with Crippen molar-refractivity contribution in [2.45, 2.75) is 0 Å². The molecule has 0 heterocycles. The molecule has 7 heteroatoms. The number of phosphoric acid groups is 1. The maximum Gasteiger partial charge on any atom is 2.00 e. The number of hydrogen-bond acceptors (Lipinski definition) is 4. The Kier molecular flexibility index (Phi) is 6.66. The molecule has 0 aliphatic heterocycles. The van der Waals surface area contributed by atoms with Crippen molar-refractivity contribution >= 4 is 56.3 Å². The van der Waals surface area contributed by atoms with E-state index in [1.165, 1.54) is 12.1 Å². The van der Waals surface area contributed by atoms with Crippen LogP contribution in [0.4, 0.5) is 0 Å². The minimum absolute atomic E-state index is 0. The largest absolute Gasteiger partial charge is 2.00 e. The first-order chi connectivity index (χ1) is 7.04. The molecule has 2 aromatic carbocycles. The molecule has 0 saturated heterocycles. The predicted octanol–water partition coefficient (Wildman–Crippen LogP) is -0.158. The summed E-state index contributed by atoms with van der Waals surface area (Å²) in [6.45, 7) is 0. The van der Waals surface area contributed by atoms with E-state index in [9.17, 15) is 14.4 Å². The van der Waals surface area contributed by atoms with Crippen LogP contribution in [-0.4, -0.2) is 43.2 Å². The van der Waals surface area contributed by atoms with Gasteiger partial charge in [0.2, 0.25) is 0 Å². The number of fused-ring (bicyclic) bond motifs is 1. The van der Waals surface area contributed by atoms with Crippen molar-refractivity contribution in [2.75, 3.05) is 0 Å². The first-order valence-electron chi connectivity index (χ1n) is 4.25. The molecule has 0 bridgehead atoms. The van der Waals surface area contributed by atoms with Crippen molar-refractivity contribution in [1.29, 1.82) is 0 Å². The first-order valence-corrected chi connectivity index (χ1v) is 5.71. The van der Waals surface area contributed by atoms with Crippen molar-refractivity contribution in [3.8, 4) is 5.75 Å². The van der Waals surface area contributed by atoms with Gasteiger partial charge in [0, 0.05) is 0 Å². The molecule has 17 heavy (non-hydrogen) atoms. The van der Waals surface area contributed by atoms with Gasteiger partial charge in [-0.2, -0.15) is 0 Å². The van der Waals surface area contributed by atoms with E-state index in [4.69, 9.17) is 0 Å². The van der Waals surface area contributed by atoms with E-state index in [-0.39, 0.29) is 49.0 Å². The molecule has 0 spiro atoms. The Morgan fingerprint density at radius 2 is 1.59 bits per heavy atom. The van der Waals surface area contributed by atoms with Crippen LogP contribution in [-0.2, 0) is 4.57 Å². The molecule has 0 aliphatic rings. The van der Waals surface area contributed by atoms with E-state index in [0.717, 1.165) is 10.8 Å². The van der Waals surface area contributed by atoms with Gasteiger partial charge in [-0.3, -0.25) is 0 Å². The summed E-state index contributed by atoms with van der Waals surface area (Å²) in [5.41, 5.74) is 0. The fourth-order valence-electron chi connectivity index (χ4n) is 1.35. The van der Waals surface area contributed by atoms with E-state index in [1.54, 1.807) is 6.07 Å². The Bertz CT molecular complexity index is 539. The van der Waals surface area contributed by atoms with Crippen LogP contribution in [0, 0.1) is 0 Å². The van der Waals surface area contributed by atoms with Gasteiger partial charge in [-0.25, -0.2) is 0 Å². The van der Waals surface area contributed by atoms with Gasteiger partial charge in [0.15, 0.2) is 0 Å². The van der Waals surface area contributed by atoms with Crippen LogP contribution in [0.25, 0.3) is 10.8 Å². The van der Waals surface area contributed by atoms with Crippen LogP contribution in [0.2, 0.25) is 0 Å². The van der Waals surface area contributed by atoms with E-state index in [2.05, 4.69) is 4.52 Å². The molecule has 2 N–H and O–H groups in total. The Balaban J connectivity index is 0.00000128. The monoisotopic (exact) mass is 280 g/mol. The molecule has 0 radical (unpaired) electrons. The van der Waals surface area contributed by atoms with E-state index in [0.29, 0.717) is 0 Å². The third-order valence-corrected chi connectivity index (χ3v) is 2.37. The summed E-state index contributed by atoms with van der Waals surface area (Å²) < 4.78 is 14.6. The van der Waals surface area contributed by atoms with Crippen LogP contribution >= 0.6 is 7.82 Å². The van der Waals surface area contributed by atoms with Crippen molar-refractivity contribution in [2.24, 2.45) is 0 Å². The molecule has 0 aliphatic carbocycles. The van der Waals surface area contributed by atoms with Crippen molar-refractivity contribution < 1.29 is 24.4 Å². The minimum atomic E-state index is -4.97. The van der Waals surface area contributed by atoms with Gasteiger partial charge in [-0.1, -0.05) is 30.3 Å². The molecular formula is C10H9CaO5P. The summed E-state index contributed by atoms with van der Waals surface area (Å²) in [7, 11) is -4.97. The summed E-state index contributed by atoms with van der Waals surface area (Å²) in [5, 5.41) is 1.78. The van der Waals surface area contributed by atoms with Crippen LogP contribution in [0.1, 0.15) is 0 Å². The Labute approximate surface area is 128 Å². The molecule has 0 saturated carbocycles. The Hall–Kier alpha value is -0.130. The normalized spacial score (nSPS) is 10.2. The number of rotatable bonds is 2. The molecule has 0 amide bonds. The van der Waals surface area contributed by atoms with Gasteiger partial charge in [0.25, 0.3) is 0 Å². The SMILES string of the molecule is O.O=P([O-])([O-])Oc1ccc2ccccc2c1.[Ca+2]. The molecule has 2 rings (SSSR count). The maximum atomic E-state index is 10.4. The Morgan fingerprint density at radius 3 is 2.18 bits per heavy atom. The zero-order valence-corrected chi connectivity index (χ0v) is 11.9. The smallest absolute Gasteiger partial charge is 0.780 e. The van der Waals surface area contributed by atoms with Crippen molar-refractivity contribution in [3.63, 3.8) is 0 Å². The molecule has 5 nitrogen and oxygen atoms in total. The molecule has 86 valence electrons. The number of phosphoric ester groups is 1. The molecule has 0 atom stereocenters. The first kappa shape index (κ1) is 16.9. The third-order valence-electron chi connectivity index (χ3n) is 1.94. The number of benzene rings is 2. The summed E-state index contributed by atoms with van der Waals surface area (Å²) >= 11 is 0. The summed E-state index contributed by atoms with van der Waals surface area (Å²) in [4.78, 5) is 20.8. The second-order valence-corrected chi connectivity index (χ2v) is 4.12. The van der Waals surface area contributed by atoms with Gasteiger partial charge >= 0.3 is 37.7 Å². The van der Waals surface area contributed by atoms with E-state index < -0.39 is 7.82 Å². The van der Waals surface area contributed by atoms with E-state index in [1.807, 2.05) is 24.3 Å². The fourth-order valence-corrected chi connectivity index (χ4v) is 1.73. The zero-order chi connectivity index (χ0) is 10.9. The average Bonchev–Trinajstić information content (AvgIpc) is 2.15. The fraction of sp³-hybridized carbons (Fsp3) is 0. The van der Waals surface area contributed by atoms with Crippen molar-refractivity contribution in [3.05, 3.63) is 42.5 Å². The van der Waals surface area contributed by atoms with Crippen LogP contribution < -0.4 is 14.3 Å². The van der Waals surface area contributed by atoms with Gasteiger partial charge in [0.1, 0.15) is 13.6 Å². The Morgan fingerprint density at radius 1 is 1.00 bits per heavy atom. The van der Waals surface area contributed by atoms with Gasteiger partial charge in [0.05, 0.1) is 0 Å². The molecular weight excluding hydrogens is 271 g/mol. The zero-order valence-electron chi connectivity index (χ0n) is 8.83. The van der Waals surface area contributed by atoms with Crippen LogP contribution in [0.15, 0.2) is 42.5 Å². The summed E-state index contributed by atoms with van der Waals surface area (Å²) in [6, 6.07) is 12.0. The quantitative estimate of drug-likeness (QED) is 0.563. The molecule has 0 unspecified atom stereocenters. The third kappa shape index (κ3) is 4.94. The summed E-state index contributed by atoms with van der Waals surface area (Å²) in [6.07, 6.45) is 0.